The summed E-state index contributed by atoms with van der Waals surface area (Å²) in [6.45, 7) is 7.96. The highest BCUT2D eigenvalue weighted by molar-refractivity contribution is 7.99. The van der Waals surface area contributed by atoms with E-state index in [9.17, 15) is 27.6 Å². The van der Waals surface area contributed by atoms with Gasteiger partial charge >= 0.3 is 12.4 Å². The highest BCUT2D eigenvalue weighted by atomic mass is 32.2. The lowest BCUT2D eigenvalue weighted by Gasteiger charge is -2.31. The monoisotopic (exact) mass is 669 g/mol. The summed E-state index contributed by atoms with van der Waals surface area (Å²) in [4.78, 5) is 45.3. The molecule has 0 aliphatic heterocycles. The maximum Gasteiger partial charge on any atom is 0.573 e. The van der Waals surface area contributed by atoms with Crippen molar-refractivity contribution in [3.8, 4) is 11.4 Å². The van der Waals surface area contributed by atoms with Crippen LogP contribution >= 0.6 is 11.8 Å². The second-order valence-electron chi connectivity index (χ2n) is 10.6. The van der Waals surface area contributed by atoms with E-state index in [0.29, 0.717) is 22.8 Å². The summed E-state index contributed by atoms with van der Waals surface area (Å²) in [5, 5.41) is 9.79. The molecule has 0 aliphatic carbocycles. The number of carbonyl (C=O) groups excluding carboxylic acids is 3. The van der Waals surface area contributed by atoms with Gasteiger partial charge in [-0.15, -0.1) is 30.0 Å². The first-order chi connectivity index (χ1) is 22.3. The number of urea groups is 1. The molecule has 1 atom stereocenters. The minimum Gasteiger partial charge on any atom is -0.406 e. The first-order valence-corrected chi connectivity index (χ1v) is 15.5. The second kappa shape index (κ2) is 15.0. The van der Waals surface area contributed by atoms with Crippen LogP contribution in [-0.4, -0.2) is 57.8 Å². The van der Waals surface area contributed by atoms with Gasteiger partial charge in [-0.3, -0.25) is 14.5 Å². The SMILES string of the molecule is CCSC(NC(=O)Nc1ccc(N(C)C(=O)c2ncn(-c3ccc(OC(F)(F)F)cc3)n2)cc1)N(C=O)c1cc(C)ccc1C(C)C. The lowest BCUT2D eigenvalue weighted by molar-refractivity contribution is -0.274. The minimum atomic E-state index is -4.81. The second-order valence-corrected chi connectivity index (χ2v) is 12.0. The normalized spacial score (nSPS) is 11.9. The molecule has 4 aromatic rings. The Hall–Kier alpha value is -5.05. The number of nitrogens with one attached hydrogen (secondary N) is 2. The van der Waals surface area contributed by atoms with Crippen LogP contribution in [0.5, 0.6) is 5.75 Å². The minimum absolute atomic E-state index is 0.141. The number of hydrogen-bond donors (Lipinski definition) is 2. The molecule has 4 rings (SSSR count). The van der Waals surface area contributed by atoms with Gasteiger partial charge in [-0.2, -0.15) is 0 Å². The Morgan fingerprint density at radius 1 is 1.06 bits per heavy atom. The largest absolute Gasteiger partial charge is 0.573 e. The highest BCUT2D eigenvalue weighted by Gasteiger charge is 2.31. The number of halogens is 3. The van der Waals surface area contributed by atoms with Gasteiger partial charge in [0.05, 0.1) is 11.4 Å². The molecular weight excluding hydrogens is 635 g/mol. The number of thioether (sulfide) groups is 1. The molecule has 0 fully saturated rings. The van der Waals surface area contributed by atoms with Crippen molar-refractivity contribution >= 4 is 47.2 Å². The third kappa shape index (κ3) is 9.03. The molecular formula is C32H34F3N7O4S. The molecule has 0 aliphatic rings. The molecule has 0 spiro atoms. The highest BCUT2D eigenvalue weighted by Crippen LogP contribution is 2.31. The zero-order chi connectivity index (χ0) is 34.3. The van der Waals surface area contributed by atoms with E-state index in [4.69, 9.17) is 0 Å². The summed E-state index contributed by atoms with van der Waals surface area (Å²) in [5.74, 6) is -0.268. The topological polar surface area (TPSA) is 122 Å². The Morgan fingerprint density at radius 3 is 2.34 bits per heavy atom. The van der Waals surface area contributed by atoms with Crippen LogP contribution in [0.2, 0.25) is 0 Å². The number of aryl methyl sites for hydroxylation is 1. The first kappa shape index (κ1) is 34.8. The van der Waals surface area contributed by atoms with Crippen molar-refractivity contribution in [3.63, 3.8) is 0 Å². The number of aromatic nitrogens is 3. The maximum absolute atomic E-state index is 13.1. The molecule has 0 bridgehead atoms. The van der Waals surface area contributed by atoms with Crippen molar-refractivity contribution in [3.05, 3.63) is 90.0 Å². The zero-order valence-electron chi connectivity index (χ0n) is 26.3. The van der Waals surface area contributed by atoms with E-state index in [1.807, 2.05) is 45.9 Å². The van der Waals surface area contributed by atoms with Crippen molar-refractivity contribution in [1.29, 1.82) is 0 Å². The van der Waals surface area contributed by atoms with Crippen LogP contribution in [-0.2, 0) is 4.79 Å². The van der Waals surface area contributed by atoms with Crippen molar-refractivity contribution in [2.24, 2.45) is 0 Å². The van der Waals surface area contributed by atoms with Crippen molar-refractivity contribution in [2.75, 3.05) is 27.9 Å². The number of alkyl halides is 3. The molecule has 0 radical (unpaired) electrons. The van der Waals surface area contributed by atoms with Crippen LogP contribution in [0.25, 0.3) is 5.69 Å². The average Bonchev–Trinajstić information content (AvgIpc) is 3.51. The Kier molecular flexibility index (Phi) is 11.1. The summed E-state index contributed by atoms with van der Waals surface area (Å²) in [7, 11) is 1.53. The van der Waals surface area contributed by atoms with E-state index in [0.717, 1.165) is 35.4 Å². The van der Waals surface area contributed by atoms with E-state index in [1.54, 1.807) is 24.3 Å². The van der Waals surface area contributed by atoms with E-state index < -0.39 is 29.5 Å². The predicted molar refractivity (Wildman–Crippen MR) is 175 cm³/mol. The molecule has 47 heavy (non-hydrogen) atoms. The standard InChI is InChI=1S/C32H34F3N7O4S/c1-6-47-31(41(19-43)27-17-21(4)7-16-26(27)20(2)3)38-30(45)37-22-8-10-23(11-9-22)40(5)29(44)28-36-18-42(39-28)24-12-14-25(15-13-24)46-32(33,34)35/h7-20,31H,6H2,1-5H3,(H2,37,38,45). The summed E-state index contributed by atoms with van der Waals surface area (Å²) in [6, 6.07) is 16.8. The van der Waals surface area contributed by atoms with Gasteiger partial charge in [0.25, 0.3) is 5.91 Å². The van der Waals surface area contributed by atoms with Gasteiger partial charge in [-0.25, -0.2) is 14.5 Å². The van der Waals surface area contributed by atoms with Gasteiger partial charge in [-0.1, -0.05) is 32.9 Å². The molecule has 2 N–H and O–H groups in total. The number of amides is 4. The van der Waals surface area contributed by atoms with Crippen LogP contribution in [0.3, 0.4) is 0 Å². The van der Waals surface area contributed by atoms with Crippen molar-refractivity contribution in [1.82, 2.24) is 20.1 Å². The number of nitrogens with zero attached hydrogens (tertiary/aromatic N) is 5. The van der Waals surface area contributed by atoms with Crippen molar-refractivity contribution in [2.45, 2.75) is 45.5 Å². The molecule has 1 aromatic heterocycles. The van der Waals surface area contributed by atoms with Gasteiger partial charge < -0.3 is 20.3 Å². The fourth-order valence-electron chi connectivity index (χ4n) is 4.55. The Morgan fingerprint density at radius 2 is 1.74 bits per heavy atom. The average molecular weight is 670 g/mol. The third-order valence-corrected chi connectivity index (χ3v) is 7.86. The fraction of sp³-hybridized carbons (Fsp3) is 0.281. The van der Waals surface area contributed by atoms with E-state index in [-0.39, 0.29) is 11.7 Å². The fourth-order valence-corrected chi connectivity index (χ4v) is 5.38. The van der Waals surface area contributed by atoms with Gasteiger partial charge in [0.2, 0.25) is 12.2 Å². The van der Waals surface area contributed by atoms with Gasteiger partial charge in [0.15, 0.2) is 5.50 Å². The molecule has 0 saturated carbocycles. The molecule has 15 heteroatoms. The number of ether oxygens (including phenoxy) is 1. The van der Waals surface area contributed by atoms with E-state index in [1.165, 1.54) is 51.8 Å². The van der Waals surface area contributed by atoms with E-state index >= 15 is 0 Å². The predicted octanol–water partition coefficient (Wildman–Crippen LogP) is 6.70. The van der Waals surface area contributed by atoms with Gasteiger partial charge in [-0.05, 0) is 84.3 Å². The number of rotatable bonds is 12. The van der Waals surface area contributed by atoms with Gasteiger partial charge in [0.1, 0.15) is 12.1 Å². The number of anilines is 3. The Labute approximate surface area is 274 Å². The molecule has 1 unspecified atom stereocenters. The van der Waals surface area contributed by atoms with Crippen LogP contribution in [0.15, 0.2) is 73.1 Å². The number of benzene rings is 3. The van der Waals surface area contributed by atoms with Crippen LogP contribution < -0.4 is 25.2 Å². The number of hydrogen-bond acceptors (Lipinski definition) is 7. The molecule has 11 nitrogen and oxygen atoms in total. The number of carbonyl (C=O) groups is 3. The molecule has 3 aromatic carbocycles. The Balaban J connectivity index is 1.40. The lowest BCUT2D eigenvalue weighted by atomic mass is 9.99. The third-order valence-electron chi connectivity index (χ3n) is 6.87. The molecule has 0 saturated heterocycles. The summed E-state index contributed by atoms with van der Waals surface area (Å²) in [6.07, 6.45) is -2.82. The first-order valence-electron chi connectivity index (χ1n) is 14.5. The molecule has 1 heterocycles. The maximum atomic E-state index is 13.1. The zero-order valence-corrected chi connectivity index (χ0v) is 27.1. The smallest absolute Gasteiger partial charge is 0.406 e. The van der Waals surface area contributed by atoms with Gasteiger partial charge in [0, 0.05) is 18.4 Å². The summed E-state index contributed by atoms with van der Waals surface area (Å²) < 4.78 is 42.4. The lowest BCUT2D eigenvalue weighted by Crippen LogP contribution is -2.47. The van der Waals surface area contributed by atoms with Crippen molar-refractivity contribution < 1.29 is 32.3 Å². The van der Waals surface area contributed by atoms with Crippen LogP contribution in [0.1, 0.15) is 48.4 Å². The van der Waals surface area contributed by atoms with Crippen LogP contribution in [0.4, 0.5) is 35.0 Å². The summed E-state index contributed by atoms with van der Waals surface area (Å²) >= 11 is 1.40. The molecule has 248 valence electrons. The quantitative estimate of drug-likeness (QED) is 0.127. The van der Waals surface area contributed by atoms with Crippen LogP contribution in [0, 0.1) is 6.92 Å². The molecule has 4 amide bonds. The Bertz CT molecular complexity index is 1700. The summed E-state index contributed by atoms with van der Waals surface area (Å²) in [5.41, 5.74) is 3.34. The van der Waals surface area contributed by atoms with E-state index in [2.05, 4.69) is 25.5 Å².